The molecule has 8 nitrogen and oxygen atoms in total. The van der Waals surface area contributed by atoms with Crippen molar-refractivity contribution in [3.05, 3.63) is 84.1 Å². The molecular weight excluding hydrogens is 424 g/mol. The lowest BCUT2D eigenvalue weighted by Crippen LogP contribution is -2.47. The molecular formula is C26H28N8. The molecule has 172 valence electrons. The van der Waals surface area contributed by atoms with Crippen LogP contribution in [0.15, 0.2) is 67.0 Å². The summed E-state index contributed by atoms with van der Waals surface area (Å²) in [6.07, 6.45) is 4.15. The smallest absolute Gasteiger partial charge is 0.180 e. The van der Waals surface area contributed by atoms with Gasteiger partial charge in [-0.2, -0.15) is 0 Å². The van der Waals surface area contributed by atoms with E-state index in [4.69, 9.17) is 0 Å². The molecule has 0 radical (unpaired) electrons. The third-order valence-corrected chi connectivity index (χ3v) is 5.87. The summed E-state index contributed by atoms with van der Waals surface area (Å²) in [6, 6.07) is 18.1. The molecule has 2 N–H and O–H groups in total. The molecule has 1 aliphatic rings. The number of aromatic nitrogens is 5. The molecule has 0 atom stereocenters. The van der Waals surface area contributed by atoms with E-state index in [0.717, 1.165) is 42.8 Å². The molecule has 4 heterocycles. The van der Waals surface area contributed by atoms with E-state index in [-0.39, 0.29) is 0 Å². The number of hydrogen-bond donors (Lipinski definition) is 2. The van der Waals surface area contributed by atoms with E-state index in [9.17, 15) is 0 Å². The van der Waals surface area contributed by atoms with Crippen molar-refractivity contribution in [2.75, 3.05) is 36.9 Å². The zero-order valence-electron chi connectivity index (χ0n) is 19.4. The molecule has 0 aliphatic carbocycles. The number of aryl methyl sites for hydroxylation is 1. The van der Waals surface area contributed by atoms with Crippen LogP contribution in [0.5, 0.6) is 0 Å². The second kappa shape index (κ2) is 9.93. The van der Waals surface area contributed by atoms with Crippen LogP contribution in [0, 0.1) is 12.8 Å². The monoisotopic (exact) mass is 452 g/mol. The quantitative estimate of drug-likeness (QED) is 0.419. The molecule has 5 rings (SSSR count). The molecule has 8 heteroatoms. The Bertz CT molecular complexity index is 1250. The molecule has 4 aromatic rings. The van der Waals surface area contributed by atoms with Crippen LogP contribution < -0.4 is 15.5 Å². The molecule has 1 aliphatic heterocycles. The normalized spacial score (nSPS) is 13.4. The molecule has 34 heavy (non-hydrogen) atoms. The Morgan fingerprint density at radius 2 is 1.68 bits per heavy atom. The van der Waals surface area contributed by atoms with E-state index < -0.39 is 0 Å². The number of hydrogen-bond acceptors (Lipinski definition) is 8. The molecule has 0 amide bonds. The lowest BCUT2D eigenvalue weighted by molar-refractivity contribution is 0.353. The molecule has 1 saturated heterocycles. The van der Waals surface area contributed by atoms with Gasteiger partial charge in [0.15, 0.2) is 5.82 Å². The summed E-state index contributed by atoms with van der Waals surface area (Å²) < 4.78 is 0. The lowest BCUT2D eigenvalue weighted by atomic mass is 10.0. The van der Waals surface area contributed by atoms with Gasteiger partial charge >= 0.3 is 0 Å². The zero-order valence-corrected chi connectivity index (χ0v) is 19.4. The first-order chi connectivity index (χ1) is 16.6. The largest absolute Gasteiger partial charge is 0.374 e. The fraction of sp³-hybridized carbons (Fsp3) is 0.269. The Hall–Kier alpha value is -3.91. The van der Waals surface area contributed by atoms with Gasteiger partial charge in [-0.25, -0.2) is 24.9 Å². The fourth-order valence-electron chi connectivity index (χ4n) is 3.93. The maximum atomic E-state index is 4.68. The van der Waals surface area contributed by atoms with Gasteiger partial charge in [-0.15, -0.1) is 0 Å². The summed E-state index contributed by atoms with van der Waals surface area (Å²) >= 11 is 0. The zero-order chi connectivity index (χ0) is 23.3. The number of anilines is 3. The fourth-order valence-corrected chi connectivity index (χ4v) is 3.93. The van der Waals surface area contributed by atoms with Crippen LogP contribution in [0.1, 0.15) is 17.1 Å². The Morgan fingerprint density at radius 3 is 2.41 bits per heavy atom. The molecule has 0 saturated carbocycles. The molecule has 0 bridgehead atoms. The topological polar surface area (TPSA) is 91.8 Å². The maximum absolute atomic E-state index is 4.68. The Balaban J connectivity index is 1.25. The van der Waals surface area contributed by atoms with E-state index in [0.29, 0.717) is 23.9 Å². The Labute approximate surface area is 199 Å². The highest BCUT2D eigenvalue weighted by atomic mass is 15.1. The van der Waals surface area contributed by atoms with Gasteiger partial charge in [0.2, 0.25) is 0 Å². The van der Waals surface area contributed by atoms with Crippen molar-refractivity contribution < 1.29 is 0 Å². The van der Waals surface area contributed by atoms with Crippen molar-refractivity contribution in [2.45, 2.75) is 13.3 Å². The number of pyridine rings is 1. The number of benzene rings is 1. The first kappa shape index (κ1) is 21.9. The summed E-state index contributed by atoms with van der Waals surface area (Å²) in [7, 11) is 2.15. The third kappa shape index (κ3) is 5.35. The molecule has 1 aromatic carbocycles. The lowest BCUT2D eigenvalue weighted by Gasteiger charge is -2.32. The minimum Gasteiger partial charge on any atom is -0.374 e. The van der Waals surface area contributed by atoms with E-state index in [2.05, 4.69) is 71.8 Å². The summed E-state index contributed by atoms with van der Waals surface area (Å²) in [5.74, 6) is 3.42. The predicted octanol–water partition coefficient (Wildman–Crippen LogP) is 3.63. The summed E-state index contributed by atoms with van der Waals surface area (Å²) in [4.78, 5) is 24.9. The van der Waals surface area contributed by atoms with Crippen molar-refractivity contribution in [3.8, 4) is 11.5 Å². The Morgan fingerprint density at radius 1 is 0.912 bits per heavy atom. The minimum absolute atomic E-state index is 0.571. The highest BCUT2D eigenvalue weighted by Crippen LogP contribution is 2.19. The van der Waals surface area contributed by atoms with Crippen molar-refractivity contribution in [3.63, 3.8) is 0 Å². The van der Waals surface area contributed by atoms with Gasteiger partial charge in [0.1, 0.15) is 23.2 Å². The van der Waals surface area contributed by atoms with E-state index in [1.165, 1.54) is 11.3 Å². The summed E-state index contributed by atoms with van der Waals surface area (Å²) in [5, 5.41) is 6.60. The average molecular weight is 453 g/mol. The summed E-state index contributed by atoms with van der Waals surface area (Å²) in [6.45, 7) is 5.26. The average Bonchev–Trinajstić information content (AvgIpc) is 2.82. The van der Waals surface area contributed by atoms with Crippen LogP contribution in [-0.4, -0.2) is 51.6 Å². The number of rotatable bonds is 8. The van der Waals surface area contributed by atoms with Crippen LogP contribution in [0.3, 0.4) is 0 Å². The van der Waals surface area contributed by atoms with Gasteiger partial charge in [-0.1, -0.05) is 18.2 Å². The molecule has 0 spiro atoms. The predicted molar refractivity (Wildman–Crippen MR) is 134 cm³/mol. The second-order valence-corrected chi connectivity index (χ2v) is 8.66. The number of nitrogens with zero attached hydrogens (tertiary/aromatic N) is 6. The first-order valence-electron chi connectivity index (χ1n) is 11.5. The standard InChI is InChI=1S/C26H28N8/c1-18-4-3-5-22(30-18)26-29-13-11-24(33-26)31-23-10-12-28-25(32-23)14-19-6-8-21(9-7-19)34(2)17-20-15-27-16-20/h3-13,20,27H,14-17H2,1-2H3,(H,28,29,31,32,33). The first-order valence-corrected chi connectivity index (χ1v) is 11.5. The van der Waals surface area contributed by atoms with Gasteiger partial charge < -0.3 is 15.5 Å². The van der Waals surface area contributed by atoms with Gasteiger partial charge in [0.05, 0.1) is 0 Å². The summed E-state index contributed by atoms with van der Waals surface area (Å²) in [5.41, 5.74) is 4.07. The van der Waals surface area contributed by atoms with Crippen molar-refractivity contribution in [1.29, 1.82) is 0 Å². The van der Waals surface area contributed by atoms with E-state index >= 15 is 0 Å². The van der Waals surface area contributed by atoms with Gasteiger partial charge in [-0.3, -0.25) is 0 Å². The Kier molecular flexibility index (Phi) is 6.40. The second-order valence-electron chi connectivity index (χ2n) is 8.66. The van der Waals surface area contributed by atoms with Crippen LogP contribution >= 0.6 is 0 Å². The van der Waals surface area contributed by atoms with Crippen LogP contribution in [0.2, 0.25) is 0 Å². The highest BCUT2D eigenvalue weighted by Gasteiger charge is 2.18. The van der Waals surface area contributed by atoms with Crippen LogP contribution in [0.4, 0.5) is 17.3 Å². The molecule has 0 unspecified atom stereocenters. The van der Waals surface area contributed by atoms with Crippen molar-refractivity contribution >= 4 is 17.3 Å². The van der Waals surface area contributed by atoms with Crippen LogP contribution in [-0.2, 0) is 6.42 Å². The molecule has 1 fully saturated rings. The van der Waals surface area contributed by atoms with Gasteiger partial charge in [0.25, 0.3) is 0 Å². The third-order valence-electron chi connectivity index (χ3n) is 5.87. The minimum atomic E-state index is 0.571. The van der Waals surface area contributed by atoms with E-state index in [1.54, 1.807) is 12.4 Å². The van der Waals surface area contributed by atoms with E-state index in [1.807, 2.05) is 37.3 Å². The SMILES string of the molecule is Cc1cccc(-c2nccc(Nc3ccnc(Cc4ccc(N(C)CC5CNC5)cc4)n3)n2)n1. The molecule has 3 aromatic heterocycles. The van der Waals surface area contributed by atoms with Crippen molar-refractivity contribution in [2.24, 2.45) is 5.92 Å². The van der Waals surface area contributed by atoms with Crippen LogP contribution in [0.25, 0.3) is 11.5 Å². The number of nitrogens with one attached hydrogen (secondary N) is 2. The van der Waals surface area contributed by atoms with Gasteiger partial charge in [0, 0.05) is 62.8 Å². The highest BCUT2D eigenvalue weighted by molar-refractivity contribution is 5.56. The maximum Gasteiger partial charge on any atom is 0.180 e. The van der Waals surface area contributed by atoms with Crippen molar-refractivity contribution in [1.82, 2.24) is 30.2 Å². The van der Waals surface area contributed by atoms with Gasteiger partial charge in [-0.05, 0) is 48.9 Å².